The topological polar surface area (TPSA) is 97.7 Å². The van der Waals surface area contributed by atoms with Crippen LogP contribution in [0.5, 0.6) is 0 Å². The van der Waals surface area contributed by atoms with Gasteiger partial charge in [0.2, 0.25) is 0 Å². The average molecular weight is 336 g/mol. The van der Waals surface area contributed by atoms with Gasteiger partial charge in [-0.1, -0.05) is 65.2 Å². The third-order valence-corrected chi connectivity index (χ3v) is 4.59. The Morgan fingerprint density at radius 2 is 1.45 bits per heavy atom. The third-order valence-electron chi connectivity index (χ3n) is 3.45. The Kier molecular flexibility index (Phi) is 11.1. The summed E-state index contributed by atoms with van der Waals surface area (Å²) in [6, 6.07) is 0. The Morgan fingerprint density at radius 3 is 1.91 bits per heavy atom. The molecule has 0 aromatic heterocycles. The van der Waals surface area contributed by atoms with Crippen LogP contribution in [0.2, 0.25) is 0 Å². The second kappa shape index (κ2) is 11.6. The maximum absolute atomic E-state index is 11.6. The highest BCUT2D eigenvalue weighted by molar-refractivity contribution is 7.87. The number of carbonyl (C=O) groups excluding carboxylic acids is 2. The molecule has 0 amide bonds. The van der Waals surface area contributed by atoms with E-state index < -0.39 is 27.3 Å². The number of carbonyl (C=O) groups is 2. The van der Waals surface area contributed by atoms with E-state index in [1.54, 1.807) is 0 Å². The van der Waals surface area contributed by atoms with Crippen LogP contribution in [0.15, 0.2) is 0 Å². The van der Waals surface area contributed by atoms with Gasteiger partial charge in [0.25, 0.3) is 10.1 Å². The van der Waals surface area contributed by atoms with Gasteiger partial charge in [-0.25, -0.2) is 0 Å². The third kappa shape index (κ3) is 9.89. The minimum Gasteiger partial charge on any atom is -0.392 e. The molecule has 0 rings (SSSR count). The molecule has 0 radical (unpaired) electrons. The van der Waals surface area contributed by atoms with Crippen molar-refractivity contribution in [2.24, 2.45) is 0 Å². The molecule has 0 aromatic carbocycles. The fraction of sp³-hybridized carbons (Fsp3) is 0.867. The smallest absolute Gasteiger partial charge is 0.334 e. The van der Waals surface area contributed by atoms with Gasteiger partial charge >= 0.3 is 11.9 Å². The summed E-state index contributed by atoms with van der Waals surface area (Å²) < 4.78 is 35.9. The maximum Gasteiger partial charge on any atom is 0.334 e. The van der Waals surface area contributed by atoms with E-state index in [2.05, 4.69) is 11.7 Å². The molecule has 0 aromatic rings. The lowest BCUT2D eigenvalue weighted by Gasteiger charge is -2.12. The van der Waals surface area contributed by atoms with Crippen molar-refractivity contribution in [3.05, 3.63) is 0 Å². The maximum atomic E-state index is 11.6. The highest BCUT2D eigenvalue weighted by Gasteiger charge is 2.33. The monoisotopic (exact) mass is 336 g/mol. The van der Waals surface area contributed by atoms with E-state index in [0.29, 0.717) is 6.42 Å². The van der Waals surface area contributed by atoms with Crippen LogP contribution in [0, 0.1) is 0 Å². The number of hydrogen-bond acceptors (Lipinski definition) is 5. The van der Waals surface area contributed by atoms with Crippen LogP contribution in [0.25, 0.3) is 0 Å². The van der Waals surface area contributed by atoms with Crippen LogP contribution in [0.4, 0.5) is 0 Å². The second-order valence-electron chi connectivity index (χ2n) is 5.41. The summed E-state index contributed by atoms with van der Waals surface area (Å²) in [6.07, 6.45) is 8.04. The Bertz CT molecular complexity index is 429. The Hall–Kier alpha value is -0.950. The molecule has 1 atom stereocenters. The average Bonchev–Trinajstić information content (AvgIpc) is 2.43. The predicted molar refractivity (Wildman–Crippen MR) is 84.0 cm³/mol. The molecule has 1 unspecified atom stereocenters. The molecule has 0 aliphatic rings. The van der Waals surface area contributed by atoms with Gasteiger partial charge < -0.3 is 4.74 Å². The van der Waals surface area contributed by atoms with E-state index in [1.165, 1.54) is 26.2 Å². The molecule has 0 aliphatic heterocycles. The molecule has 0 saturated carbocycles. The summed E-state index contributed by atoms with van der Waals surface area (Å²) in [5.74, 6) is -1.98. The molecule has 0 fully saturated rings. The molecule has 130 valence electrons. The summed E-state index contributed by atoms with van der Waals surface area (Å²) >= 11 is 0. The standard InChI is InChI=1S/C15H28O6S/c1-3-5-6-7-8-9-10-11-12-13(22(18,19)20)15(17)21-14(16)4-2/h13H,3-12H2,1-2H3,(H,18,19,20). The van der Waals surface area contributed by atoms with E-state index in [0.717, 1.165) is 25.7 Å². The molecule has 6 nitrogen and oxygen atoms in total. The molecule has 0 bridgehead atoms. The highest BCUT2D eigenvalue weighted by Crippen LogP contribution is 2.15. The van der Waals surface area contributed by atoms with Gasteiger partial charge in [-0.15, -0.1) is 0 Å². The zero-order valence-electron chi connectivity index (χ0n) is 13.5. The summed E-state index contributed by atoms with van der Waals surface area (Å²) in [7, 11) is -4.55. The van der Waals surface area contributed by atoms with Gasteiger partial charge in [-0.3, -0.25) is 14.1 Å². The zero-order valence-corrected chi connectivity index (χ0v) is 14.4. The predicted octanol–water partition coefficient (Wildman–Crippen LogP) is 3.25. The lowest BCUT2D eigenvalue weighted by atomic mass is 10.1. The van der Waals surface area contributed by atoms with Crippen LogP contribution >= 0.6 is 0 Å². The second-order valence-corrected chi connectivity index (χ2v) is 7.01. The van der Waals surface area contributed by atoms with Crippen LogP contribution in [0.3, 0.4) is 0 Å². The number of esters is 2. The summed E-state index contributed by atoms with van der Waals surface area (Å²) in [4.78, 5) is 22.7. The normalized spacial score (nSPS) is 12.9. The number of ether oxygens (including phenoxy) is 1. The quantitative estimate of drug-likeness (QED) is 0.254. The summed E-state index contributed by atoms with van der Waals surface area (Å²) in [5.41, 5.74) is 0. The molecule has 22 heavy (non-hydrogen) atoms. The first-order valence-corrected chi connectivity index (χ1v) is 9.54. The van der Waals surface area contributed by atoms with Crippen molar-refractivity contribution in [1.82, 2.24) is 0 Å². The number of hydrogen-bond donors (Lipinski definition) is 1. The van der Waals surface area contributed by atoms with Crippen molar-refractivity contribution in [3.63, 3.8) is 0 Å². The molecular formula is C15H28O6S. The largest absolute Gasteiger partial charge is 0.392 e. The Balaban J connectivity index is 4.12. The molecule has 0 heterocycles. The van der Waals surface area contributed by atoms with E-state index in [1.807, 2.05) is 0 Å². The van der Waals surface area contributed by atoms with Gasteiger partial charge in [0.05, 0.1) is 0 Å². The van der Waals surface area contributed by atoms with Crippen molar-refractivity contribution >= 4 is 22.1 Å². The van der Waals surface area contributed by atoms with E-state index in [9.17, 15) is 18.0 Å². The molecule has 7 heteroatoms. The van der Waals surface area contributed by atoms with Crippen LogP contribution in [0.1, 0.15) is 78.1 Å². The van der Waals surface area contributed by atoms with Gasteiger partial charge in [0.15, 0.2) is 5.25 Å². The molecule has 0 aliphatic carbocycles. The van der Waals surface area contributed by atoms with Crippen molar-refractivity contribution in [2.75, 3.05) is 0 Å². The van der Waals surface area contributed by atoms with Gasteiger partial charge in [-0.2, -0.15) is 8.42 Å². The minimum absolute atomic E-state index is 0.0242. The minimum atomic E-state index is -4.55. The summed E-state index contributed by atoms with van der Waals surface area (Å²) in [5, 5.41) is -1.66. The van der Waals surface area contributed by atoms with Crippen LogP contribution < -0.4 is 0 Å². The summed E-state index contributed by atoms with van der Waals surface area (Å²) in [6.45, 7) is 3.65. The number of unbranched alkanes of at least 4 members (excludes halogenated alkanes) is 7. The molecule has 0 saturated heterocycles. The molecular weight excluding hydrogens is 308 g/mol. The first-order valence-electron chi connectivity index (χ1n) is 8.03. The van der Waals surface area contributed by atoms with Crippen LogP contribution in [-0.4, -0.2) is 30.2 Å². The lowest BCUT2D eigenvalue weighted by Crippen LogP contribution is -2.33. The fourth-order valence-corrected chi connectivity index (χ4v) is 2.86. The first kappa shape index (κ1) is 21.0. The SMILES string of the molecule is CCCCCCCCCCC(C(=O)OC(=O)CC)S(=O)(=O)O. The van der Waals surface area contributed by atoms with Crippen molar-refractivity contribution in [1.29, 1.82) is 0 Å². The Labute approximate surface area is 133 Å². The van der Waals surface area contributed by atoms with E-state index in [-0.39, 0.29) is 12.8 Å². The Morgan fingerprint density at radius 1 is 0.955 bits per heavy atom. The van der Waals surface area contributed by atoms with E-state index in [4.69, 9.17) is 4.55 Å². The van der Waals surface area contributed by atoms with E-state index >= 15 is 0 Å². The van der Waals surface area contributed by atoms with Gasteiger partial charge in [0, 0.05) is 6.42 Å². The number of rotatable bonds is 12. The van der Waals surface area contributed by atoms with Crippen LogP contribution in [-0.2, 0) is 24.4 Å². The zero-order chi connectivity index (χ0) is 17.0. The lowest BCUT2D eigenvalue weighted by molar-refractivity contribution is -0.159. The van der Waals surface area contributed by atoms with Crippen molar-refractivity contribution in [2.45, 2.75) is 83.3 Å². The van der Waals surface area contributed by atoms with Crippen molar-refractivity contribution < 1.29 is 27.3 Å². The van der Waals surface area contributed by atoms with Crippen molar-refractivity contribution in [3.8, 4) is 0 Å². The first-order chi connectivity index (χ1) is 10.3. The highest BCUT2D eigenvalue weighted by atomic mass is 32.2. The van der Waals surface area contributed by atoms with Gasteiger partial charge in [0.1, 0.15) is 0 Å². The molecule has 0 spiro atoms. The molecule has 1 N–H and O–H groups in total. The van der Waals surface area contributed by atoms with Gasteiger partial charge in [-0.05, 0) is 6.42 Å². The fourth-order valence-electron chi connectivity index (χ4n) is 2.10.